The number of nitrogens with zero attached hydrogens (tertiary/aromatic N) is 1. The number of hydrogen-bond acceptors (Lipinski definition) is 3. The van der Waals surface area contributed by atoms with Crippen molar-refractivity contribution < 1.29 is 14.7 Å². The molecule has 2 saturated carbocycles. The van der Waals surface area contributed by atoms with E-state index < -0.39 is 5.97 Å². The lowest BCUT2D eigenvalue weighted by Gasteiger charge is -2.29. The number of halogens is 1. The summed E-state index contributed by atoms with van der Waals surface area (Å²) in [6.07, 6.45) is 6.01. The van der Waals surface area contributed by atoms with Gasteiger partial charge in [0.2, 0.25) is 5.91 Å². The van der Waals surface area contributed by atoms with E-state index in [2.05, 4.69) is 12.2 Å². The topological polar surface area (TPSA) is 69.6 Å². The molecule has 2 bridgehead atoms. The van der Waals surface area contributed by atoms with Crippen LogP contribution in [0.2, 0.25) is 0 Å². The highest BCUT2D eigenvalue weighted by atomic mass is 35.5. The molecule has 0 spiro atoms. The van der Waals surface area contributed by atoms with E-state index in [-0.39, 0.29) is 30.3 Å². The highest BCUT2D eigenvalue weighted by Crippen LogP contribution is 2.49. The summed E-state index contributed by atoms with van der Waals surface area (Å²) in [4.78, 5) is 25.0. The minimum atomic E-state index is -0.742. The number of hydrogen-bond donors (Lipinski definition) is 2. The quantitative estimate of drug-likeness (QED) is 0.806. The van der Waals surface area contributed by atoms with Gasteiger partial charge in [-0.3, -0.25) is 14.5 Å². The molecule has 2 aliphatic carbocycles. The average Bonchev–Trinajstić information content (AvgIpc) is 3.13. The second-order valence-corrected chi connectivity index (χ2v) is 7.25. The molecule has 1 heterocycles. The number of carboxylic acids is 1. The second-order valence-electron chi connectivity index (χ2n) is 7.25. The zero-order chi connectivity index (χ0) is 15.0. The normalized spacial score (nSPS) is 35.1. The van der Waals surface area contributed by atoms with Crippen LogP contribution in [0.25, 0.3) is 0 Å². The molecule has 5 nitrogen and oxygen atoms in total. The SMILES string of the molecule is CC(NC(=O)CN1CCC(C(=O)O)C1)C1CC2CCC1C2.Cl. The van der Waals surface area contributed by atoms with Crippen LogP contribution in [-0.4, -0.2) is 47.6 Å². The number of aliphatic carboxylic acids is 1. The first-order valence-electron chi connectivity index (χ1n) is 8.27. The Labute approximate surface area is 138 Å². The number of nitrogens with one attached hydrogen (secondary N) is 1. The smallest absolute Gasteiger partial charge is 0.307 e. The van der Waals surface area contributed by atoms with Crippen molar-refractivity contribution in [2.45, 2.75) is 45.1 Å². The Morgan fingerprint density at radius 1 is 1.27 bits per heavy atom. The van der Waals surface area contributed by atoms with Gasteiger partial charge in [0.1, 0.15) is 0 Å². The summed E-state index contributed by atoms with van der Waals surface area (Å²) in [5.74, 6) is 1.37. The number of carboxylic acid groups (broad SMARTS) is 1. The van der Waals surface area contributed by atoms with Crippen LogP contribution in [-0.2, 0) is 9.59 Å². The number of rotatable bonds is 5. The highest BCUT2D eigenvalue weighted by molar-refractivity contribution is 5.85. The summed E-state index contributed by atoms with van der Waals surface area (Å²) in [5.41, 5.74) is 0. The summed E-state index contributed by atoms with van der Waals surface area (Å²) < 4.78 is 0. The largest absolute Gasteiger partial charge is 0.481 e. The molecular weight excluding hydrogens is 304 g/mol. The highest BCUT2D eigenvalue weighted by Gasteiger charge is 2.42. The summed E-state index contributed by atoms with van der Waals surface area (Å²) in [6.45, 7) is 3.69. The molecule has 22 heavy (non-hydrogen) atoms. The fraction of sp³-hybridized carbons (Fsp3) is 0.875. The van der Waals surface area contributed by atoms with Gasteiger partial charge in [0, 0.05) is 12.6 Å². The summed E-state index contributed by atoms with van der Waals surface area (Å²) in [6, 6.07) is 0.255. The molecule has 0 aromatic rings. The Bertz CT molecular complexity index is 432. The standard InChI is InChI=1S/C16H26N2O3.ClH/c1-10(14-7-11-2-3-12(14)6-11)17-15(19)9-18-5-4-13(8-18)16(20)21;/h10-14H,2-9H2,1H3,(H,17,19)(H,20,21);1H. The first kappa shape index (κ1) is 17.5. The van der Waals surface area contributed by atoms with Crippen molar-refractivity contribution in [3.05, 3.63) is 0 Å². The van der Waals surface area contributed by atoms with Gasteiger partial charge in [-0.15, -0.1) is 12.4 Å². The van der Waals surface area contributed by atoms with Gasteiger partial charge in [-0.2, -0.15) is 0 Å². The molecule has 0 aromatic heterocycles. The summed E-state index contributed by atoms with van der Waals surface area (Å²) in [7, 11) is 0. The van der Waals surface area contributed by atoms with Gasteiger partial charge in [-0.05, 0) is 56.9 Å². The molecule has 0 radical (unpaired) electrons. The maximum absolute atomic E-state index is 12.1. The van der Waals surface area contributed by atoms with E-state index in [1.165, 1.54) is 25.7 Å². The van der Waals surface area contributed by atoms with Crippen molar-refractivity contribution in [1.82, 2.24) is 10.2 Å². The summed E-state index contributed by atoms with van der Waals surface area (Å²) in [5, 5.41) is 12.1. The Morgan fingerprint density at radius 2 is 2.05 bits per heavy atom. The molecule has 6 heteroatoms. The van der Waals surface area contributed by atoms with Crippen LogP contribution in [0.4, 0.5) is 0 Å². The van der Waals surface area contributed by atoms with Crippen LogP contribution in [0, 0.1) is 23.7 Å². The Morgan fingerprint density at radius 3 is 2.59 bits per heavy atom. The van der Waals surface area contributed by atoms with Gasteiger partial charge < -0.3 is 10.4 Å². The molecule has 3 rings (SSSR count). The average molecular weight is 331 g/mol. The third-order valence-electron chi connectivity index (χ3n) is 5.81. The maximum Gasteiger partial charge on any atom is 0.307 e. The molecule has 3 fully saturated rings. The van der Waals surface area contributed by atoms with Crippen LogP contribution in [0.3, 0.4) is 0 Å². The molecule has 1 saturated heterocycles. The van der Waals surface area contributed by atoms with E-state index in [9.17, 15) is 9.59 Å². The fourth-order valence-corrected chi connectivity index (χ4v) is 4.69. The molecule has 5 unspecified atom stereocenters. The van der Waals surface area contributed by atoms with Crippen molar-refractivity contribution in [1.29, 1.82) is 0 Å². The van der Waals surface area contributed by atoms with Gasteiger partial charge in [-0.1, -0.05) is 6.42 Å². The van der Waals surface area contributed by atoms with E-state index >= 15 is 0 Å². The maximum atomic E-state index is 12.1. The minimum absolute atomic E-state index is 0. The Hall–Kier alpha value is -0.810. The molecule has 2 N–H and O–H groups in total. The van der Waals surface area contributed by atoms with Crippen molar-refractivity contribution >= 4 is 24.3 Å². The van der Waals surface area contributed by atoms with Crippen molar-refractivity contribution in [3.63, 3.8) is 0 Å². The van der Waals surface area contributed by atoms with Gasteiger partial charge >= 0.3 is 5.97 Å². The first-order valence-corrected chi connectivity index (χ1v) is 8.27. The molecule has 1 amide bonds. The van der Waals surface area contributed by atoms with Crippen LogP contribution < -0.4 is 5.32 Å². The monoisotopic (exact) mass is 330 g/mol. The number of likely N-dealkylation sites (tertiary alicyclic amines) is 1. The first-order chi connectivity index (χ1) is 10.0. The number of fused-ring (bicyclic) bond motifs is 2. The fourth-order valence-electron chi connectivity index (χ4n) is 4.69. The van der Waals surface area contributed by atoms with Crippen molar-refractivity contribution in [2.24, 2.45) is 23.7 Å². The lowest BCUT2D eigenvalue weighted by Crippen LogP contribution is -2.44. The lowest BCUT2D eigenvalue weighted by molar-refractivity contribution is -0.141. The zero-order valence-corrected chi connectivity index (χ0v) is 14.0. The summed E-state index contributed by atoms with van der Waals surface area (Å²) >= 11 is 0. The third kappa shape index (κ3) is 3.74. The van der Waals surface area contributed by atoms with Gasteiger partial charge in [-0.25, -0.2) is 0 Å². The molecule has 3 aliphatic rings. The predicted molar refractivity (Wildman–Crippen MR) is 86.0 cm³/mol. The molecule has 0 aromatic carbocycles. The predicted octanol–water partition coefficient (Wildman–Crippen LogP) is 1.76. The van der Waals surface area contributed by atoms with Gasteiger partial charge in [0.25, 0.3) is 0 Å². The zero-order valence-electron chi connectivity index (χ0n) is 13.2. The van der Waals surface area contributed by atoms with Gasteiger partial charge in [0.05, 0.1) is 12.5 Å². The number of carbonyl (C=O) groups excluding carboxylic acids is 1. The van der Waals surface area contributed by atoms with Crippen LogP contribution in [0.5, 0.6) is 0 Å². The molecular formula is C16H27ClN2O3. The van der Waals surface area contributed by atoms with Crippen molar-refractivity contribution in [3.8, 4) is 0 Å². The minimum Gasteiger partial charge on any atom is -0.481 e. The Kier molecular flexibility index (Phi) is 5.72. The van der Waals surface area contributed by atoms with E-state index in [0.717, 1.165) is 11.8 Å². The second kappa shape index (κ2) is 7.18. The van der Waals surface area contributed by atoms with Gasteiger partial charge in [0.15, 0.2) is 0 Å². The van der Waals surface area contributed by atoms with E-state index in [4.69, 9.17) is 5.11 Å². The van der Waals surface area contributed by atoms with Crippen molar-refractivity contribution in [2.75, 3.05) is 19.6 Å². The lowest BCUT2D eigenvalue weighted by atomic mass is 9.84. The Balaban J connectivity index is 0.00000176. The molecule has 126 valence electrons. The molecule has 5 atom stereocenters. The van der Waals surface area contributed by atoms with E-state index in [0.29, 0.717) is 32.0 Å². The van der Waals surface area contributed by atoms with Crippen LogP contribution in [0.1, 0.15) is 39.0 Å². The molecule has 1 aliphatic heterocycles. The number of amides is 1. The van der Waals surface area contributed by atoms with E-state index in [1.54, 1.807) is 0 Å². The number of carbonyl (C=O) groups is 2. The van der Waals surface area contributed by atoms with Crippen LogP contribution >= 0.6 is 12.4 Å². The van der Waals surface area contributed by atoms with Crippen LogP contribution in [0.15, 0.2) is 0 Å². The third-order valence-corrected chi connectivity index (χ3v) is 5.81. The van der Waals surface area contributed by atoms with E-state index in [1.807, 2.05) is 4.90 Å².